The van der Waals surface area contributed by atoms with Crippen molar-refractivity contribution >= 4 is 28.2 Å². The van der Waals surface area contributed by atoms with Crippen molar-refractivity contribution in [3.8, 4) is 0 Å². The molecule has 7 nitrogen and oxygen atoms in total. The summed E-state index contributed by atoms with van der Waals surface area (Å²) in [7, 11) is 0. The normalized spacial score (nSPS) is 18.0. The number of nitrogens with zero attached hydrogens (tertiary/aromatic N) is 3. The van der Waals surface area contributed by atoms with Crippen molar-refractivity contribution in [1.29, 1.82) is 0 Å². The summed E-state index contributed by atoms with van der Waals surface area (Å²) in [6, 6.07) is -0.133. The number of hydrogen-bond acceptors (Lipinski definition) is 5. The number of piperidine rings is 1. The number of aliphatic carboxylic acids is 1. The molecule has 0 unspecified atom stereocenters. The maximum Gasteiger partial charge on any atom is 0.303 e. The van der Waals surface area contributed by atoms with E-state index < -0.39 is 5.97 Å². The molecule has 0 saturated carbocycles. The third-order valence-corrected chi connectivity index (χ3v) is 5.24. The monoisotopic (exact) mass is 349 g/mol. The lowest BCUT2D eigenvalue weighted by molar-refractivity contribution is -0.137. The Kier molecular flexibility index (Phi) is 4.66. The van der Waals surface area contributed by atoms with Crippen LogP contribution in [-0.4, -0.2) is 43.9 Å². The van der Waals surface area contributed by atoms with Crippen molar-refractivity contribution in [2.75, 3.05) is 6.54 Å². The SMILES string of the molecule is Cc1cn2c(=O)c(C(=O)N3CCCC[C@H]3CCC(=O)O)cnc2s1. The minimum atomic E-state index is -0.870. The Hall–Kier alpha value is -2.22. The van der Waals surface area contributed by atoms with Crippen LogP contribution in [0.2, 0.25) is 0 Å². The van der Waals surface area contributed by atoms with Gasteiger partial charge in [-0.15, -0.1) is 11.3 Å². The second-order valence-electron chi connectivity index (χ2n) is 6.05. The van der Waals surface area contributed by atoms with E-state index in [9.17, 15) is 14.4 Å². The third kappa shape index (κ3) is 3.19. The van der Waals surface area contributed by atoms with E-state index in [1.54, 1.807) is 11.1 Å². The average molecular weight is 349 g/mol. The largest absolute Gasteiger partial charge is 0.481 e. The van der Waals surface area contributed by atoms with Gasteiger partial charge in [-0.3, -0.25) is 18.8 Å². The Balaban J connectivity index is 1.90. The first-order valence-corrected chi connectivity index (χ1v) is 8.79. The van der Waals surface area contributed by atoms with Gasteiger partial charge in [0.25, 0.3) is 11.5 Å². The van der Waals surface area contributed by atoms with Gasteiger partial charge in [0.1, 0.15) is 5.56 Å². The maximum absolute atomic E-state index is 12.9. The van der Waals surface area contributed by atoms with Crippen LogP contribution in [0.1, 0.15) is 47.3 Å². The lowest BCUT2D eigenvalue weighted by Crippen LogP contribution is -2.45. The van der Waals surface area contributed by atoms with Crippen molar-refractivity contribution in [3.63, 3.8) is 0 Å². The molecule has 3 rings (SSSR count). The van der Waals surface area contributed by atoms with Crippen molar-refractivity contribution in [2.45, 2.75) is 45.1 Å². The minimum Gasteiger partial charge on any atom is -0.481 e. The maximum atomic E-state index is 12.9. The smallest absolute Gasteiger partial charge is 0.303 e. The van der Waals surface area contributed by atoms with Crippen LogP contribution in [0.3, 0.4) is 0 Å². The molecule has 128 valence electrons. The number of aryl methyl sites for hydroxylation is 1. The van der Waals surface area contributed by atoms with Crippen molar-refractivity contribution < 1.29 is 14.7 Å². The van der Waals surface area contributed by atoms with Gasteiger partial charge in [0.15, 0.2) is 4.96 Å². The van der Waals surface area contributed by atoms with Gasteiger partial charge in [0.2, 0.25) is 0 Å². The van der Waals surface area contributed by atoms with Crippen LogP contribution >= 0.6 is 11.3 Å². The van der Waals surface area contributed by atoms with E-state index in [-0.39, 0.29) is 29.5 Å². The topological polar surface area (TPSA) is 92.0 Å². The van der Waals surface area contributed by atoms with Gasteiger partial charge in [-0.2, -0.15) is 0 Å². The molecule has 24 heavy (non-hydrogen) atoms. The molecule has 1 aliphatic rings. The Morgan fingerprint density at radius 2 is 2.21 bits per heavy atom. The second-order valence-corrected chi connectivity index (χ2v) is 7.27. The van der Waals surface area contributed by atoms with Crippen molar-refractivity contribution in [3.05, 3.63) is 33.2 Å². The summed E-state index contributed by atoms with van der Waals surface area (Å²) < 4.78 is 1.41. The number of carboxylic acid groups (broad SMARTS) is 1. The fraction of sp³-hybridized carbons (Fsp3) is 0.500. The van der Waals surface area contributed by atoms with E-state index in [1.807, 2.05) is 6.92 Å². The minimum absolute atomic E-state index is 0.0223. The highest BCUT2D eigenvalue weighted by Crippen LogP contribution is 2.22. The van der Waals surface area contributed by atoms with Gasteiger partial charge in [-0.05, 0) is 32.6 Å². The number of hydrogen-bond donors (Lipinski definition) is 1. The Morgan fingerprint density at radius 1 is 1.42 bits per heavy atom. The average Bonchev–Trinajstić information content (AvgIpc) is 2.94. The molecule has 0 aromatic carbocycles. The highest BCUT2D eigenvalue weighted by molar-refractivity contribution is 7.16. The van der Waals surface area contributed by atoms with Crippen LogP contribution in [-0.2, 0) is 4.79 Å². The first kappa shape index (κ1) is 16.6. The quantitative estimate of drug-likeness (QED) is 0.910. The first-order valence-electron chi connectivity index (χ1n) is 7.98. The number of carbonyl (C=O) groups is 2. The van der Waals surface area contributed by atoms with Crippen LogP contribution in [0.5, 0.6) is 0 Å². The summed E-state index contributed by atoms with van der Waals surface area (Å²) in [5.41, 5.74) is -0.315. The molecule has 1 aliphatic heterocycles. The molecule has 0 radical (unpaired) electrons. The van der Waals surface area contributed by atoms with E-state index in [0.717, 1.165) is 24.1 Å². The van der Waals surface area contributed by atoms with Crippen LogP contribution in [0.25, 0.3) is 4.96 Å². The van der Waals surface area contributed by atoms with E-state index in [1.165, 1.54) is 21.9 Å². The molecule has 3 heterocycles. The molecule has 0 spiro atoms. The number of rotatable bonds is 4. The van der Waals surface area contributed by atoms with E-state index in [4.69, 9.17) is 5.11 Å². The fourth-order valence-corrected chi connectivity index (χ4v) is 3.94. The predicted molar refractivity (Wildman–Crippen MR) is 89.6 cm³/mol. The zero-order chi connectivity index (χ0) is 17.3. The Morgan fingerprint density at radius 3 is 2.96 bits per heavy atom. The number of aromatic nitrogens is 2. The van der Waals surface area contributed by atoms with Gasteiger partial charge in [-0.1, -0.05) is 0 Å². The van der Waals surface area contributed by atoms with Crippen molar-refractivity contribution in [2.24, 2.45) is 0 Å². The fourth-order valence-electron chi connectivity index (χ4n) is 3.15. The van der Waals surface area contributed by atoms with Gasteiger partial charge < -0.3 is 10.0 Å². The molecule has 1 saturated heterocycles. The molecule has 1 atom stereocenters. The Labute approximate surface area is 142 Å². The molecule has 1 N–H and O–H groups in total. The van der Waals surface area contributed by atoms with Crippen LogP contribution < -0.4 is 5.56 Å². The summed E-state index contributed by atoms with van der Waals surface area (Å²) in [5.74, 6) is -1.22. The van der Waals surface area contributed by atoms with Crippen LogP contribution in [0.15, 0.2) is 17.2 Å². The molecule has 1 amide bonds. The van der Waals surface area contributed by atoms with E-state index >= 15 is 0 Å². The number of carbonyl (C=O) groups excluding carboxylic acids is 1. The number of thiazole rings is 1. The summed E-state index contributed by atoms with van der Waals surface area (Å²) in [4.78, 5) is 43.6. The highest BCUT2D eigenvalue weighted by Gasteiger charge is 2.29. The summed E-state index contributed by atoms with van der Waals surface area (Å²) in [6.45, 7) is 2.43. The molecule has 0 aliphatic carbocycles. The lowest BCUT2D eigenvalue weighted by Gasteiger charge is -2.35. The third-order valence-electron chi connectivity index (χ3n) is 4.33. The number of fused-ring (bicyclic) bond motifs is 1. The molecular weight excluding hydrogens is 330 g/mol. The lowest BCUT2D eigenvalue weighted by atomic mass is 9.97. The zero-order valence-corrected chi connectivity index (χ0v) is 14.2. The number of carboxylic acids is 1. The number of likely N-dealkylation sites (tertiary alicyclic amines) is 1. The van der Waals surface area contributed by atoms with Gasteiger partial charge in [-0.25, -0.2) is 4.98 Å². The standard InChI is InChI=1S/C16H19N3O4S/c1-10-9-19-15(23)12(8-17-16(19)24-10)14(22)18-7-3-2-4-11(18)5-6-13(20)21/h8-9,11H,2-7H2,1H3,(H,20,21)/t11-/m0/s1. The van der Waals surface area contributed by atoms with Crippen LogP contribution in [0, 0.1) is 6.92 Å². The first-order chi connectivity index (χ1) is 11.5. The molecule has 2 aromatic heterocycles. The zero-order valence-electron chi connectivity index (χ0n) is 13.4. The summed E-state index contributed by atoms with van der Waals surface area (Å²) >= 11 is 1.40. The predicted octanol–water partition coefficient (Wildman–Crippen LogP) is 1.92. The summed E-state index contributed by atoms with van der Waals surface area (Å²) in [6.07, 6.45) is 6.07. The molecule has 8 heteroatoms. The Bertz CT molecular complexity index is 841. The number of amides is 1. The van der Waals surface area contributed by atoms with E-state index in [2.05, 4.69) is 4.98 Å². The molecule has 1 fully saturated rings. The van der Waals surface area contributed by atoms with Gasteiger partial charge in [0, 0.05) is 36.3 Å². The van der Waals surface area contributed by atoms with E-state index in [0.29, 0.717) is 17.9 Å². The molecule has 2 aromatic rings. The van der Waals surface area contributed by atoms with Gasteiger partial charge >= 0.3 is 5.97 Å². The second kappa shape index (κ2) is 6.72. The van der Waals surface area contributed by atoms with Crippen molar-refractivity contribution in [1.82, 2.24) is 14.3 Å². The highest BCUT2D eigenvalue weighted by atomic mass is 32.1. The van der Waals surface area contributed by atoms with Gasteiger partial charge in [0.05, 0.1) is 0 Å². The molecule has 0 bridgehead atoms. The van der Waals surface area contributed by atoms with Crippen LogP contribution in [0.4, 0.5) is 0 Å². The molecular formula is C16H19N3O4S. The summed E-state index contributed by atoms with van der Waals surface area (Å²) in [5, 5.41) is 8.89.